The second kappa shape index (κ2) is 12.9. The summed E-state index contributed by atoms with van der Waals surface area (Å²) < 4.78 is 10.5. The summed E-state index contributed by atoms with van der Waals surface area (Å²) in [6.45, 7) is 6.47. The van der Waals surface area contributed by atoms with Crippen LogP contribution >= 0.6 is 35.0 Å². The van der Waals surface area contributed by atoms with Gasteiger partial charge in [-0.05, 0) is 55.7 Å². The summed E-state index contributed by atoms with van der Waals surface area (Å²) in [6, 6.07) is 12.2. The number of anilines is 1. The van der Waals surface area contributed by atoms with Crippen LogP contribution in [0.5, 0.6) is 0 Å². The van der Waals surface area contributed by atoms with Gasteiger partial charge in [0, 0.05) is 47.7 Å². The zero-order valence-electron chi connectivity index (χ0n) is 20.3. The Hall–Kier alpha value is -2.19. The van der Waals surface area contributed by atoms with E-state index in [1.807, 2.05) is 18.2 Å². The Kier molecular flexibility index (Phi) is 9.60. The zero-order valence-corrected chi connectivity index (χ0v) is 22.6. The van der Waals surface area contributed by atoms with Crippen molar-refractivity contribution in [1.82, 2.24) is 4.90 Å². The number of hydrogen-bond acceptors (Lipinski definition) is 6. The first kappa shape index (κ1) is 26.9. The van der Waals surface area contributed by atoms with Crippen molar-refractivity contribution < 1.29 is 19.1 Å². The van der Waals surface area contributed by atoms with Crippen LogP contribution in [0.2, 0.25) is 10.0 Å². The van der Waals surface area contributed by atoms with Gasteiger partial charge in [-0.3, -0.25) is 9.59 Å². The van der Waals surface area contributed by atoms with Crippen LogP contribution in [0.15, 0.2) is 52.3 Å². The Morgan fingerprint density at radius 2 is 1.83 bits per heavy atom. The summed E-state index contributed by atoms with van der Waals surface area (Å²) in [5.74, 6) is -0.416. The second-order valence-electron chi connectivity index (χ2n) is 8.66. The maximum absolute atomic E-state index is 12.7. The molecular weight excluding hydrogens is 519 g/mol. The molecule has 0 aliphatic carbocycles. The number of hydrogen-bond donors (Lipinski definition) is 0. The molecule has 192 valence electrons. The quantitative estimate of drug-likeness (QED) is 0.322. The van der Waals surface area contributed by atoms with Crippen LogP contribution in [-0.2, 0) is 19.1 Å². The van der Waals surface area contributed by atoms with Gasteiger partial charge in [0.05, 0.1) is 35.8 Å². The number of nitrogens with zero attached hydrogens (tertiary/aromatic N) is 2. The van der Waals surface area contributed by atoms with Crippen LogP contribution in [0.4, 0.5) is 5.69 Å². The number of likely N-dealkylation sites (tertiary alicyclic amines) is 1. The van der Waals surface area contributed by atoms with E-state index in [-0.39, 0.29) is 17.8 Å². The first-order chi connectivity index (χ1) is 17.5. The molecule has 2 aliphatic heterocycles. The molecule has 0 N–H and O–H groups in total. The fraction of sp³-hybridized carbons (Fsp3) is 0.407. The second-order valence-corrected chi connectivity index (χ2v) is 10.5. The molecule has 0 bridgehead atoms. The molecule has 36 heavy (non-hydrogen) atoms. The third kappa shape index (κ3) is 6.76. The highest BCUT2D eigenvalue weighted by Crippen LogP contribution is 2.40. The van der Waals surface area contributed by atoms with Crippen molar-refractivity contribution in [3.05, 3.63) is 58.1 Å². The lowest BCUT2D eigenvalue weighted by Crippen LogP contribution is -2.39. The number of piperidine rings is 1. The molecule has 2 aromatic rings. The van der Waals surface area contributed by atoms with Crippen LogP contribution in [0, 0.1) is 5.92 Å². The van der Waals surface area contributed by atoms with Crippen LogP contribution in [0.1, 0.15) is 25.3 Å². The minimum Gasteiger partial charge on any atom is -0.466 e. The molecule has 0 aromatic heterocycles. The van der Waals surface area contributed by atoms with E-state index >= 15 is 0 Å². The first-order valence-corrected chi connectivity index (χ1v) is 13.8. The predicted molar refractivity (Wildman–Crippen MR) is 145 cm³/mol. The van der Waals surface area contributed by atoms with Crippen LogP contribution < -0.4 is 4.90 Å². The Labute approximate surface area is 226 Å². The van der Waals surface area contributed by atoms with Crippen molar-refractivity contribution in [2.45, 2.75) is 29.6 Å². The van der Waals surface area contributed by atoms with E-state index in [4.69, 9.17) is 32.7 Å². The summed E-state index contributed by atoms with van der Waals surface area (Å²) >= 11 is 14.8. The van der Waals surface area contributed by atoms with Gasteiger partial charge in [-0.15, -0.1) is 0 Å². The van der Waals surface area contributed by atoms with Gasteiger partial charge in [0.15, 0.2) is 0 Å². The molecule has 9 heteroatoms. The van der Waals surface area contributed by atoms with Gasteiger partial charge >= 0.3 is 5.97 Å². The molecule has 0 spiro atoms. The van der Waals surface area contributed by atoms with Gasteiger partial charge in [-0.25, -0.2) is 0 Å². The van der Waals surface area contributed by atoms with E-state index in [0.29, 0.717) is 48.1 Å². The Balaban J connectivity index is 1.38. The predicted octanol–water partition coefficient (Wildman–Crippen LogP) is 5.80. The number of morpholine rings is 1. The van der Waals surface area contributed by atoms with Crippen molar-refractivity contribution in [2.24, 2.45) is 5.92 Å². The van der Waals surface area contributed by atoms with Gasteiger partial charge < -0.3 is 19.3 Å². The van der Waals surface area contributed by atoms with E-state index in [2.05, 4.69) is 23.1 Å². The van der Waals surface area contributed by atoms with Gasteiger partial charge in [0.2, 0.25) is 5.91 Å². The number of amides is 1. The normalized spacial score (nSPS) is 17.0. The average molecular weight is 550 g/mol. The SMILES string of the molecule is CCOC(=O)C1CCN(C(=O)/C=C/c2ccc(Sc3cccc(N4CCOCC4)c3)c(Cl)c2Cl)CC1. The van der Waals surface area contributed by atoms with Crippen LogP contribution in [-0.4, -0.2) is 62.8 Å². The lowest BCUT2D eigenvalue weighted by Gasteiger charge is -2.30. The fourth-order valence-electron chi connectivity index (χ4n) is 4.31. The smallest absolute Gasteiger partial charge is 0.309 e. The van der Waals surface area contributed by atoms with E-state index in [1.54, 1.807) is 29.7 Å². The van der Waals surface area contributed by atoms with E-state index in [1.165, 1.54) is 6.08 Å². The standard InChI is InChI=1S/C27H30Cl2N2O4S/c1-2-35-27(33)20-10-12-31(13-11-20)24(32)9-7-19-6-8-23(26(29)25(19)28)36-22-5-3-4-21(18-22)30-14-16-34-17-15-30/h3-9,18,20H,2,10-17H2,1H3/b9-7+. The summed E-state index contributed by atoms with van der Waals surface area (Å²) in [5.41, 5.74) is 1.85. The minimum absolute atomic E-state index is 0.108. The highest BCUT2D eigenvalue weighted by atomic mass is 35.5. The first-order valence-electron chi connectivity index (χ1n) is 12.2. The zero-order chi connectivity index (χ0) is 25.5. The molecule has 2 fully saturated rings. The molecule has 0 saturated carbocycles. The number of ether oxygens (including phenoxy) is 2. The monoisotopic (exact) mass is 548 g/mol. The Bertz CT molecular complexity index is 1110. The number of rotatable bonds is 7. The Morgan fingerprint density at radius 3 is 2.56 bits per heavy atom. The lowest BCUT2D eigenvalue weighted by molar-refractivity contribution is -0.150. The van der Waals surface area contributed by atoms with E-state index in [0.717, 1.165) is 41.8 Å². The molecule has 0 unspecified atom stereocenters. The van der Waals surface area contributed by atoms with Crippen molar-refractivity contribution in [3.63, 3.8) is 0 Å². The molecule has 4 rings (SSSR count). The number of carbonyl (C=O) groups excluding carboxylic acids is 2. The number of carbonyl (C=O) groups is 2. The minimum atomic E-state index is -0.174. The highest BCUT2D eigenvalue weighted by Gasteiger charge is 2.27. The molecule has 2 aromatic carbocycles. The molecule has 2 heterocycles. The molecule has 0 radical (unpaired) electrons. The third-order valence-corrected chi connectivity index (χ3v) is 8.39. The van der Waals surface area contributed by atoms with Gasteiger partial charge in [-0.1, -0.05) is 47.1 Å². The van der Waals surface area contributed by atoms with Crippen molar-refractivity contribution in [2.75, 3.05) is 50.9 Å². The fourth-order valence-corrected chi connectivity index (χ4v) is 5.79. The summed E-state index contributed by atoms with van der Waals surface area (Å²) in [5, 5.41) is 0.874. The van der Waals surface area contributed by atoms with Crippen molar-refractivity contribution >= 4 is 58.6 Å². The average Bonchev–Trinajstić information content (AvgIpc) is 2.91. The maximum atomic E-state index is 12.7. The Morgan fingerprint density at radius 1 is 1.08 bits per heavy atom. The van der Waals surface area contributed by atoms with Gasteiger partial charge in [0.1, 0.15) is 0 Å². The summed E-state index contributed by atoms with van der Waals surface area (Å²) in [4.78, 5) is 30.6. The topological polar surface area (TPSA) is 59.1 Å². The van der Waals surface area contributed by atoms with Gasteiger partial charge in [-0.2, -0.15) is 0 Å². The largest absolute Gasteiger partial charge is 0.466 e. The third-order valence-electron chi connectivity index (χ3n) is 6.33. The van der Waals surface area contributed by atoms with E-state index in [9.17, 15) is 9.59 Å². The number of esters is 1. The molecule has 6 nitrogen and oxygen atoms in total. The summed E-state index contributed by atoms with van der Waals surface area (Å²) in [7, 11) is 0. The van der Waals surface area contributed by atoms with Gasteiger partial charge in [0.25, 0.3) is 0 Å². The number of halogens is 2. The molecule has 1 amide bonds. The molecule has 0 atom stereocenters. The summed E-state index contributed by atoms with van der Waals surface area (Å²) in [6.07, 6.45) is 4.44. The molecule has 2 aliphatic rings. The van der Waals surface area contributed by atoms with E-state index < -0.39 is 0 Å². The van der Waals surface area contributed by atoms with Crippen LogP contribution in [0.25, 0.3) is 6.08 Å². The van der Waals surface area contributed by atoms with Crippen molar-refractivity contribution in [3.8, 4) is 0 Å². The van der Waals surface area contributed by atoms with Crippen LogP contribution in [0.3, 0.4) is 0 Å². The number of benzene rings is 2. The molecular formula is C27H30Cl2N2O4S. The highest BCUT2D eigenvalue weighted by molar-refractivity contribution is 7.99. The molecule has 2 saturated heterocycles. The maximum Gasteiger partial charge on any atom is 0.309 e. The lowest BCUT2D eigenvalue weighted by atomic mass is 9.97. The van der Waals surface area contributed by atoms with Crippen molar-refractivity contribution in [1.29, 1.82) is 0 Å².